The Kier molecular flexibility index (Phi) is 8.50. The highest BCUT2D eigenvalue weighted by molar-refractivity contribution is 5.83. The van der Waals surface area contributed by atoms with Gasteiger partial charge in [-0.2, -0.15) is 0 Å². The summed E-state index contributed by atoms with van der Waals surface area (Å²) in [5, 5.41) is 42.7. The molecule has 1 aliphatic rings. The van der Waals surface area contributed by atoms with Crippen LogP contribution in [0.25, 0.3) is 0 Å². The van der Waals surface area contributed by atoms with E-state index in [0.717, 1.165) is 18.7 Å². The van der Waals surface area contributed by atoms with Crippen molar-refractivity contribution in [1.82, 2.24) is 4.90 Å². The van der Waals surface area contributed by atoms with Gasteiger partial charge in [0.05, 0.1) is 6.10 Å². The van der Waals surface area contributed by atoms with Crippen LogP contribution in [0.1, 0.15) is 31.4 Å². The van der Waals surface area contributed by atoms with E-state index in [9.17, 15) is 14.7 Å². The molecule has 0 spiro atoms. The Labute approximate surface area is 145 Å². The fourth-order valence-corrected chi connectivity index (χ4v) is 2.55. The number of aliphatic hydroxyl groups excluding tert-OH is 3. The Balaban J connectivity index is 0.000000275. The standard InChI is InChI=1S/C13H19NO.C4H6O6/c1-11(14-9-5-6-10-14)13(15)12-7-3-2-4-8-12;5-1(3(7)8)2(6)4(9)10/h2-4,7-8,11,13,15H,5-6,9-10H2,1H3;1-2,5-6H,(H,7,8)(H,9,10). The molecule has 8 nitrogen and oxygen atoms in total. The number of benzene rings is 1. The molecule has 0 aromatic heterocycles. The number of carbonyl (C=O) groups is 2. The average molecular weight is 355 g/mol. The van der Waals surface area contributed by atoms with Gasteiger partial charge in [-0.15, -0.1) is 0 Å². The maximum atomic E-state index is 10.2. The van der Waals surface area contributed by atoms with Gasteiger partial charge in [0.15, 0.2) is 12.2 Å². The first kappa shape index (κ1) is 21.0. The number of aliphatic hydroxyl groups is 3. The van der Waals surface area contributed by atoms with E-state index in [2.05, 4.69) is 11.8 Å². The Morgan fingerprint density at radius 1 is 0.920 bits per heavy atom. The summed E-state index contributed by atoms with van der Waals surface area (Å²) in [5.41, 5.74) is 1.02. The number of nitrogens with zero attached hydrogens (tertiary/aromatic N) is 1. The lowest BCUT2D eigenvalue weighted by molar-refractivity contribution is -0.165. The van der Waals surface area contributed by atoms with Gasteiger partial charge in [-0.1, -0.05) is 30.3 Å². The minimum absolute atomic E-state index is 0.231. The van der Waals surface area contributed by atoms with Crippen molar-refractivity contribution < 1.29 is 35.1 Å². The van der Waals surface area contributed by atoms with Gasteiger partial charge in [0.1, 0.15) is 0 Å². The maximum absolute atomic E-state index is 10.2. The van der Waals surface area contributed by atoms with Gasteiger partial charge in [0, 0.05) is 6.04 Å². The van der Waals surface area contributed by atoms with Gasteiger partial charge in [-0.05, 0) is 38.4 Å². The lowest BCUT2D eigenvalue weighted by atomic mass is 10.0. The summed E-state index contributed by atoms with van der Waals surface area (Å²) in [4.78, 5) is 21.9. The van der Waals surface area contributed by atoms with Crippen LogP contribution in [0, 0.1) is 0 Å². The highest BCUT2D eigenvalue weighted by atomic mass is 16.4. The normalized spacial score (nSPS) is 19.2. The van der Waals surface area contributed by atoms with Crippen molar-refractivity contribution in [3.8, 4) is 0 Å². The zero-order chi connectivity index (χ0) is 19.0. The van der Waals surface area contributed by atoms with Crippen molar-refractivity contribution >= 4 is 11.9 Å². The molecule has 1 fully saturated rings. The summed E-state index contributed by atoms with van der Waals surface area (Å²) in [5.74, 6) is -3.54. The molecule has 4 atom stereocenters. The fourth-order valence-electron chi connectivity index (χ4n) is 2.55. The summed E-state index contributed by atoms with van der Waals surface area (Å²) in [6.45, 7) is 4.37. The Hall–Kier alpha value is -2.00. The molecule has 0 bridgehead atoms. The van der Waals surface area contributed by atoms with Crippen LogP contribution in [0.4, 0.5) is 0 Å². The number of hydrogen-bond acceptors (Lipinski definition) is 6. The first-order valence-electron chi connectivity index (χ1n) is 8.04. The molecule has 1 aliphatic heterocycles. The summed E-state index contributed by atoms with van der Waals surface area (Å²) >= 11 is 0. The molecule has 0 saturated carbocycles. The Morgan fingerprint density at radius 2 is 1.36 bits per heavy atom. The Morgan fingerprint density at radius 3 is 1.76 bits per heavy atom. The molecule has 1 heterocycles. The van der Waals surface area contributed by atoms with E-state index in [1.807, 2.05) is 30.3 Å². The zero-order valence-corrected chi connectivity index (χ0v) is 14.0. The molecule has 0 aliphatic carbocycles. The van der Waals surface area contributed by atoms with Crippen LogP contribution in [-0.2, 0) is 9.59 Å². The predicted octanol–water partition coefficient (Wildman–Crippen LogP) is 0.0817. The van der Waals surface area contributed by atoms with Crippen molar-refractivity contribution in [3.63, 3.8) is 0 Å². The van der Waals surface area contributed by atoms with Crippen LogP contribution in [0.15, 0.2) is 30.3 Å². The largest absolute Gasteiger partial charge is 0.479 e. The highest BCUT2D eigenvalue weighted by Gasteiger charge is 2.29. The van der Waals surface area contributed by atoms with E-state index in [1.165, 1.54) is 12.8 Å². The molecule has 0 amide bonds. The number of carboxylic acid groups (broad SMARTS) is 2. The van der Waals surface area contributed by atoms with Gasteiger partial charge in [0.25, 0.3) is 0 Å². The predicted molar refractivity (Wildman–Crippen MR) is 89.0 cm³/mol. The molecule has 5 N–H and O–H groups in total. The van der Waals surface area contributed by atoms with Gasteiger partial charge in [-0.3, -0.25) is 4.90 Å². The topological polar surface area (TPSA) is 139 Å². The molecular formula is C17H25NO7. The minimum atomic E-state index is -2.27. The molecule has 8 heteroatoms. The van der Waals surface area contributed by atoms with E-state index in [1.54, 1.807) is 0 Å². The van der Waals surface area contributed by atoms with E-state index in [0.29, 0.717) is 0 Å². The van der Waals surface area contributed by atoms with Crippen LogP contribution in [0.3, 0.4) is 0 Å². The molecular weight excluding hydrogens is 330 g/mol. The summed E-state index contributed by atoms with van der Waals surface area (Å²) in [6.07, 6.45) is -2.35. The average Bonchev–Trinajstić information content (AvgIpc) is 3.14. The summed E-state index contributed by atoms with van der Waals surface area (Å²) in [6, 6.07) is 10.2. The molecule has 4 unspecified atom stereocenters. The van der Waals surface area contributed by atoms with Gasteiger partial charge >= 0.3 is 11.9 Å². The quantitative estimate of drug-likeness (QED) is 0.484. The molecule has 25 heavy (non-hydrogen) atoms. The van der Waals surface area contributed by atoms with Gasteiger partial charge < -0.3 is 25.5 Å². The molecule has 1 saturated heterocycles. The van der Waals surface area contributed by atoms with Crippen molar-refractivity contribution in [3.05, 3.63) is 35.9 Å². The van der Waals surface area contributed by atoms with Crippen molar-refractivity contribution in [2.75, 3.05) is 13.1 Å². The molecule has 1 aromatic rings. The first-order chi connectivity index (χ1) is 11.8. The van der Waals surface area contributed by atoms with E-state index < -0.39 is 24.1 Å². The number of likely N-dealkylation sites (tertiary alicyclic amines) is 1. The van der Waals surface area contributed by atoms with Crippen LogP contribution >= 0.6 is 0 Å². The monoisotopic (exact) mass is 355 g/mol. The lowest BCUT2D eigenvalue weighted by Crippen LogP contribution is -2.39. The fraction of sp³-hybridized carbons (Fsp3) is 0.529. The van der Waals surface area contributed by atoms with Crippen molar-refractivity contribution in [2.45, 2.75) is 44.1 Å². The van der Waals surface area contributed by atoms with E-state index in [-0.39, 0.29) is 12.1 Å². The molecule has 1 aromatic carbocycles. The lowest BCUT2D eigenvalue weighted by Gasteiger charge is -2.28. The molecule has 2 rings (SSSR count). The van der Waals surface area contributed by atoms with Crippen molar-refractivity contribution in [1.29, 1.82) is 0 Å². The zero-order valence-electron chi connectivity index (χ0n) is 14.0. The van der Waals surface area contributed by atoms with Crippen LogP contribution in [0.2, 0.25) is 0 Å². The number of hydrogen-bond donors (Lipinski definition) is 5. The van der Waals surface area contributed by atoms with E-state index in [4.69, 9.17) is 20.4 Å². The second kappa shape index (κ2) is 10.1. The third-order valence-corrected chi connectivity index (χ3v) is 4.12. The van der Waals surface area contributed by atoms with Crippen LogP contribution < -0.4 is 0 Å². The SMILES string of the molecule is CC(C(O)c1ccccc1)N1CCCC1.O=C(O)C(O)C(O)C(=O)O. The molecule has 140 valence electrons. The second-order valence-corrected chi connectivity index (χ2v) is 5.91. The highest BCUT2D eigenvalue weighted by Crippen LogP contribution is 2.23. The van der Waals surface area contributed by atoms with Gasteiger partial charge in [0.2, 0.25) is 0 Å². The number of rotatable bonds is 6. The minimum Gasteiger partial charge on any atom is -0.479 e. The maximum Gasteiger partial charge on any atom is 0.335 e. The van der Waals surface area contributed by atoms with Crippen molar-refractivity contribution in [2.24, 2.45) is 0 Å². The van der Waals surface area contributed by atoms with Crippen LogP contribution in [-0.4, -0.2) is 73.7 Å². The van der Waals surface area contributed by atoms with E-state index >= 15 is 0 Å². The van der Waals surface area contributed by atoms with Gasteiger partial charge in [-0.25, -0.2) is 9.59 Å². The second-order valence-electron chi connectivity index (χ2n) is 5.91. The first-order valence-corrected chi connectivity index (χ1v) is 8.04. The van der Waals surface area contributed by atoms with Crippen LogP contribution in [0.5, 0.6) is 0 Å². The third kappa shape index (κ3) is 6.43. The summed E-state index contributed by atoms with van der Waals surface area (Å²) in [7, 11) is 0. The number of carboxylic acids is 2. The third-order valence-electron chi connectivity index (χ3n) is 4.12. The molecule has 0 radical (unpaired) electrons. The Bertz CT molecular complexity index is 527. The number of aliphatic carboxylic acids is 2. The smallest absolute Gasteiger partial charge is 0.335 e. The summed E-state index contributed by atoms with van der Waals surface area (Å²) < 4.78 is 0.